The van der Waals surface area contributed by atoms with Crippen molar-refractivity contribution >= 4 is 34.2 Å². The molecular weight excluding hydrogens is 366 g/mol. The van der Waals surface area contributed by atoms with Crippen LogP contribution in [0.1, 0.15) is 24.1 Å². The van der Waals surface area contributed by atoms with Crippen LogP contribution in [-0.2, 0) is 15.5 Å². The molecule has 2 atom stereocenters. The Morgan fingerprint density at radius 2 is 2.07 bits per heavy atom. The first-order chi connectivity index (χ1) is 12.9. The molecule has 0 radical (unpaired) electrons. The van der Waals surface area contributed by atoms with Gasteiger partial charge in [-0.3, -0.25) is 14.9 Å². The molecule has 0 aliphatic rings. The van der Waals surface area contributed by atoms with Crippen LogP contribution in [0, 0.1) is 5.41 Å². The first-order valence-corrected chi connectivity index (χ1v) is 10.0. The first kappa shape index (κ1) is 20.4. The predicted molar refractivity (Wildman–Crippen MR) is 107 cm³/mol. The Morgan fingerprint density at radius 1 is 1.37 bits per heavy atom. The van der Waals surface area contributed by atoms with Crippen LogP contribution in [0.25, 0.3) is 0 Å². The summed E-state index contributed by atoms with van der Waals surface area (Å²) in [6.45, 7) is 2.12. The molecule has 0 bridgehead atoms. The summed E-state index contributed by atoms with van der Waals surface area (Å²) < 4.78 is 16.7. The van der Waals surface area contributed by atoms with E-state index in [0.29, 0.717) is 12.2 Å². The van der Waals surface area contributed by atoms with E-state index in [1.165, 1.54) is 12.3 Å². The first-order valence-electron chi connectivity index (χ1n) is 8.30. The maximum absolute atomic E-state index is 12.3. The standard InChI is InChI=1S/C18H23N5O3S/c1-3-26-17(20)13-10-21-16(9-14(13)19)23-18(24)22-15(11-27(2)25)12-7-5-4-6-8-12/h4-10,15,20H,3,11H2,1-2H3,(H4,19,21,22,23,24). The molecule has 0 spiro atoms. The molecule has 27 heavy (non-hydrogen) atoms. The van der Waals surface area contributed by atoms with Crippen LogP contribution >= 0.6 is 0 Å². The smallest absolute Gasteiger partial charge is 0.320 e. The fourth-order valence-corrected chi connectivity index (χ4v) is 3.15. The van der Waals surface area contributed by atoms with Gasteiger partial charge in [-0.05, 0) is 12.5 Å². The van der Waals surface area contributed by atoms with E-state index < -0.39 is 22.9 Å². The van der Waals surface area contributed by atoms with Gasteiger partial charge in [0.1, 0.15) is 5.82 Å². The van der Waals surface area contributed by atoms with Crippen LogP contribution in [-0.4, -0.2) is 39.7 Å². The lowest BCUT2D eigenvalue weighted by molar-refractivity contribution is 0.249. The monoisotopic (exact) mass is 389 g/mol. The van der Waals surface area contributed by atoms with Gasteiger partial charge in [0.15, 0.2) is 0 Å². The number of anilines is 2. The van der Waals surface area contributed by atoms with E-state index >= 15 is 0 Å². The molecular formula is C18H23N5O3S. The lowest BCUT2D eigenvalue weighted by Crippen LogP contribution is -2.35. The van der Waals surface area contributed by atoms with E-state index in [0.717, 1.165) is 5.56 Å². The van der Waals surface area contributed by atoms with Gasteiger partial charge in [0.05, 0.1) is 18.2 Å². The molecule has 0 aliphatic heterocycles. The number of nitrogen functional groups attached to an aromatic ring is 1. The van der Waals surface area contributed by atoms with Gasteiger partial charge in [-0.25, -0.2) is 9.78 Å². The second-order valence-corrected chi connectivity index (χ2v) is 7.20. The summed E-state index contributed by atoms with van der Waals surface area (Å²) in [5.41, 5.74) is 7.40. The Balaban J connectivity index is 2.08. The van der Waals surface area contributed by atoms with Crippen LogP contribution in [0.5, 0.6) is 0 Å². The molecule has 0 saturated carbocycles. The number of urea groups is 1. The molecule has 2 amide bonds. The van der Waals surface area contributed by atoms with E-state index in [4.69, 9.17) is 15.9 Å². The number of benzene rings is 1. The van der Waals surface area contributed by atoms with Gasteiger partial charge in [-0.2, -0.15) is 0 Å². The molecule has 0 fully saturated rings. The number of ether oxygens (including phenoxy) is 1. The highest BCUT2D eigenvalue weighted by molar-refractivity contribution is 7.84. The van der Waals surface area contributed by atoms with Crippen LogP contribution < -0.4 is 16.4 Å². The molecule has 9 heteroatoms. The van der Waals surface area contributed by atoms with Crippen molar-refractivity contribution < 1.29 is 13.7 Å². The molecule has 5 N–H and O–H groups in total. The van der Waals surface area contributed by atoms with E-state index in [1.807, 2.05) is 30.3 Å². The van der Waals surface area contributed by atoms with Crippen molar-refractivity contribution in [2.45, 2.75) is 13.0 Å². The Kier molecular flexibility index (Phi) is 7.30. The molecule has 1 aromatic carbocycles. The number of hydrogen-bond donors (Lipinski definition) is 4. The van der Waals surface area contributed by atoms with Gasteiger partial charge in [0, 0.05) is 40.8 Å². The molecule has 0 aliphatic carbocycles. The molecule has 2 unspecified atom stereocenters. The minimum absolute atomic E-state index is 0.0759. The van der Waals surface area contributed by atoms with Crippen LogP contribution in [0.4, 0.5) is 16.3 Å². The van der Waals surface area contributed by atoms with Crippen molar-refractivity contribution in [3.05, 3.63) is 53.7 Å². The molecule has 8 nitrogen and oxygen atoms in total. The Labute approximate surface area is 160 Å². The van der Waals surface area contributed by atoms with E-state index in [9.17, 15) is 9.00 Å². The van der Waals surface area contributed by atoms with Crippen LogP contribution in [0.15, 0.2) is 42.6 Å². The normalized spacial score (nSPS) is 12.7. The van der Waals surface area contributed by atoms with E-state index in [2.05, 4.69) is 15.6 Å². The SMILES string of the molecule is CCOC(=N)c1cnc(NC(=O)NC(CS(C)=O)c2ccccc2)cc1N. The third-order valence-electron chi connectivity index (χ3n) is 3.62. The van der Waals surface area contributed by atoms with Crippen molar-refractivity contribution in [3.63, 3.8) is 0 Å². The number of carbonyl (C=O) groups excluding carboxylic acids is 1. The molecule has 1 aromatic heterocycles. The van der Waals surface area contributed by atoms with E-state index in [1.54, 1.807) is 13.2 Å². The Bertz CT molecular complexity index is 829. The Hall–Kier alpha value is -2.94. The number of nitrogens with zero attached hydrogens (tertiary/aromatic N) is 1. The summed E-state index contributed by atoms with van der Waals surface area (Å²) in [6.07, 6.45) is 2.96. The fraction of sp³-hybridized carbons (Fsp3) is 0.278. The third-order valence-corrected chi connectivity index (χ3v) is 4.42. The van der Waals surface area contributed by atoms with E-state index in [-0.39, 0.29) is 23.2 Å². The van der Waals surface area contributed by atoms with Crippen LogP contribution in [0.3, 0.4) is 0 Å². The second-order valence-electron chi connectivity index (χ2n) is 5.72. The molecule has 1 heterocycles. The topological polar surface area (TPSA) is 130 Å². The number of rotatable bonds is 7. The second kappa shape index (κ2) is 9.67. The molecule has 2 rings (SSSR count). The number of nitrogens with one attached hydrogen (secondary N) is 3. The number of pyridine rings is 1. The summed E-state index contributed by atoms with van der Waals surface area (Å²) in [5.74, 6) is 0.452. The number of aromatic nitrogens is 1. The third kappa shape index (κ3) is 6.07. The Morgan fingerprint density at radius 3 is 2.67 bits per heavy atom. The molecule has 144 valence electrons. The van der Waals surface area contributed by atoms with Crippen molar-refractivity contribution in [1.29, 1.82) is 5.41 Å². The van der Waals surface area contributed by atoms with Crippen molar-refractivity contribution in [2.75, 3.05) is 29.7 Å². The fourth-order valence-electron chi connectivity index (χ4n) is 2.40. The van der Waals surface area contributed by atoms with Gasteiger partial charge in [0.2, 0.25) is 5.90 Å². The molecule has 2 aromatic rings. The quantitative estimate of drug-likeness (QED) is 0.426. The zero-order valence-electron chi connectivity index (χ0n) is 15.2. The van der Waals surface area contributed by atoms with Crippen LogP contribution in [0.2, 0.25) is 0 Å². The average molecular weight is 389 g/mol. The van der Waals surface area contributed by atoms with Gasteiger partial charge in [-0.15, -0.1) is 0 Å². The maximum Gasteiger partial charge on any atom is 0.320 e. The highest BCUT2D eigenvalue weighted by Crippen LogP contribution is 2.17. The highest BCUT2D eigenvalue weighted by Gasteiger charge is 2.17. The van der Waals surface area contributed by atoms with Gasteiger partial charge in [-0.1, -0.05) is 30.3 Å². The largest absolute Gasteiger partial charge is 0.478 e. The number of nitrogens with two attached hydrogens (primary N) is 1. The lowest BCUT2D eigenvalue weighted by atomic mass is 10.1. The number of hydrogen-bond acceptors (Lipinski definition) is 6. The summed E-state index contributed by atoms with van der Waals surface area (Å²) >= 11 is 0. The van der Waals surface area contributed by atoms with Crippen molar-refractivity contribution in [2.24, 2.45) is 0 Å². The summed E-state index contributed by atoms with van der Waals surface area (Å²) in [4.78, 5) is 16.4. The molecule has 0 saturated heterocycles. The number of amides is 2. The van der Waals surface area contributed by atoms with Gasteiger partial charge >= 0.3 is 6.03 Å². The summed E-state index contributed by atoms with van der Waals surface area (Å²) in [7, 11) is -1.09. The van der Waals surface area contributed by atoms with Gasteiger partial charge in [0.25, 0.3) is 0 Å². The average Bonchev–Trinajstić information content (AvgIpc) is 2.61. The summed E-state index contributed by atoms with van der Waals surface area (Å²) in [6, 6.07) is 9.87. The maximum atomic E-state index is 12.3. The van der Waals surface area contributed by atoms with Crippen molar-refractivity contribution in [3.8, 4) is 0 Å². The number of carbonyl (C=O) groups is 1. The summed E-state index contributed by atoms with van der Waals surface area (Å²) in [5, 5.41) is 13.2. The lowest BCUT2D eigenvalue weighted by Gasteiger charge is -2.18. The zero-order valence-corrected chi connectivity index (χ0v) is 16.0. The highest BCUT2D eigenvalue weighted by atomic mass is 32.2. The zero-order chi connectivity index (χ0) is 19.8. The minimum Gasteiger partial charge on any atom is -0.478 e. The minimum atomic E-state index is -1.09. The van der Waals surface area contributed by atoms with Crippen molar-refractivity contribution in [1.82, 2.24) is 10.3 Å². The predicted octanol–water partition coefficient (Wildman–Crippen LogP) is 2.27. The van der Waals surface area contributed by atoms with Gasteiger partial charge < -0.3 is 15.8 Å².